The number of carbonyl (C=O) groups is 1. The van der Waals surface area contributed by atoms with E-state index in [9.17, 15) is 4.79 Å². The van der Waals surface area contributed by atoms with Crippen molar-refractivity contribution < 1.29 is 4.79 Å². The molecule has 0 atom stereocenters. The quantitative estimate of drug-likeness (QED) is 0.552. The summed E-state index contributed by atoms with van der Waals surface area (Å²) in [6.07, 6.45) is 1.66. The Labute approximate surface area is 87.6 Å². The van der Waals surface area contributed by atoms with E-state index in [-0.39, 0.29) is 5.78 Å². The van der Waals surface area contributed by atoms with Gasteiger partial charge in [-0.05, 0) is 24.6 Å². The van der Waals surface area contributed by atoms with Crippen molar-refractivity contribution in [2.75, 3.05) is 0 Å². The first-order valence-corrected chi connectivity index (χ1v) is 4.88. The summed E-state index contributed by atoms with van der Waals surface area (Å²) in [4.78, 5) is 16.1. The molecular formula is C13H9NO. The van der Waals surface area contributed by atoms with Crippen LogP contribution in [0.25, 0.3) is 11.1 Å². The van der Waals surface area contributed by atoms with E-state index in [0.717, 1.165) is 22.3 Å². The summed E-state index contributed by atoms with van der Waals surface area (Å²) in [6.45, 7) is 1.99. The van der Waals surface area contributed by atoms with Crippen LogP contribution in [-0.4, -0.2) is 10.8 Å². The highest BCUT2D eigenvalue weighted by Gasteiger charge is 2.27. The van der Waals surface area contributed by atoms with Crippen molar-refractivity contribution in [1.82, 2.24) is 4.98 Å². The van der Waals surface area contributed by atoms with Gasteiger partial charge in [-0.1, -0.05) is 23.8 Å². The molecule has 1 aromatic heterocycles. The van der Waals surface area contributed by atoms with Crippen LogP contribution in [0.2, 0.25) is 0 Å². The van der Waals surface area contributed by atoms with E-state index < -0.39 is 0 Å². The van der Waals surface area contributed by atoms with Crippen molar-refractivity contribution in [3.05, 3.63) is 53.3 Å². The van der Waals surface area contributed by atoms with Gasteiger partial charge < -0.3 is 0 Å². The summed E-state index contributed by atoms with van der Waals surface area (Å²) in [7, 11) is 0. The van der Waals surface area contributed by atoms with Crippen molar-refractivity contribution in [3.63, 3.8) is 0 Å². The average molecular weight is 195 g/mol. The second-order valence-corrected chi connectivity index (χ2v) is 3.78. The third kappa shape index (κ3) is 1.05. The second kappa shape index (κ2) is 2.76. The Morgan fingerprint density at radius 3 is 2.80 bits per heavy atom. The molecule has 0 fully saturated rings. The van der Waals surface area contributed by atoms with E-state index in [1.54, 1.807) is 6.20 Å². The standard InChI is InChI=1S/C13H9NO/c1-8-4-5-9-10-3-2-6-14-12(10)13(15)11(9)7-8/h2-7H,1H3. The number of aryl methyl sites for hydroxylation is 1. The molecule has 15 heavy (non-hydrogen) atoms. The first-order chi connectivity index (χ1) is 7.27. The van der Waals surface area contributed by atoms with Gasteiger partial charge in [0.05, 0.1) is 0 Å². The van der Waals surface area contributed by atoms with E-state index in [0.29, 0.717) is 5.69 Å². The summed E-state index contributed by atoms with van der Waals surface area (Å²) < 4.78 is 0. The van der Waals surface area contributed by atoms with Gasteiger partial charge in [0, 0.05) is 17.3 Å². The molecule has 1 aliphatic rings. The van der Waals surface area contributed by atoms with Gasteiger partial charge in [0.15, 0.2) is 0 Å². The molecule has 72 valence electrons. The van der Waals surface area contributed by atoms with Gasteiger partial charge >= 0.3 is 0 Å². The molecule has 2 aromatic rings. The van der Waals surface area contributed by atoms with Gasteiger partial charge in [-0.2, -0.15) is 0 Å². The highest BCUT2D eigenvalue weighted by molar-refractivity contribution is 6.20. The molecule has 3 rings (SSSR count). The van der Waals surface area contributed by atoms with E-state index in [2.05, 4.69) is 4.98 Å². The SMILES string of the molecule is Cc1ccc2c(c1)C(=O)c1ncccc1-2. The number of hydrogen-bond acceptors (Lipinski definition) is 2. The Kier molecular flexibility index (Phi) is 1.54. The smallest absolute Gasteiger partial charge is 0.212 e. The summed E-state index contributed by atoms with van der Waals surface area (Å²) in [5, 5.41) is 0. The molecule has 0 unspecified atom stereocenters. The summed E-state index contributed by atoms with van der Waals surface area (Å²) in [5.74, 6) is 0.0456. The molecule has 2 nitrogen and oxygen atoms in total. The van der Waals surface area contributed by atoms with Crippen LogP contribution >= 0.6 is 0 Å². The van der Waals surface area contributed by atoms with E-state index in [1.807, 2.05) is 37.3 Å². The molecule has 0 spiro atoms. The lowest BCUT2D eigenvalue weighted by Gasteiger charge is -1.98. The van der Waals surface area contributed by atoms with Crippen molar-refractivity contribution in [1.29, 1.82) is 0 Å². The fourth-order valence-electron chi connectivity index (χ4n) is 2.01. The molecule has 0 aliphatic heterocycles. The molecule has 1 aliphatic carbocycles. The average Bonchev–Trinajstić information content (AvgIpc) is 2.54. The molecule has 0 saturated carbocycles. The number of aromatic nitrogens is 1. The Bertz CT molecular complexity index is 572. The summed E-state index contributed by atoms with van der Waals surface area (Å²) in [6, 6.07) is 9.76. The molecule has 0 bridgehead atoms. The summed E-state index contributed by atoms with van der Waals surface area (Å²) >= 11 is 0. The van der Waals surface area contributed by atoms with Crippen molar-refractivity contribution in [2.24, 2.45) is 0 Å². The number of benzene rings is 1. The Hall–Kier alpha value is -1.96. The topological polar surface area (TPSA) is 30.0 Å². The predicted octanol–water partition coefficient (Wildman–Crippen LogP) is 2.60. The zero-order chi connectivity index (χ0) is 10.4. The van der Waals surface area contributed by atoms with Crippen molar-refractivity contribution in [2.45, 2.75) is 6.92 Å². The number of rotatable bonds is 0. The van der Waals surface area contributed by atoms with Gasteiger partial charge in [0.1, 0.15) is 5.69 Å². The lowest BCUT2D eigenvalue weighted by atomic mass is 10.0. The highest BCUT2D eigenvalue weighted by Crippen LogP contribution is 2.35. The monoisotopic (exact) mass is 195 g/mol. The molecule has 1 aromatic carbocycles. The van der Waals surface area contributed by atoms with Gasteiger partial charge in [-0.3, -0.25) is 9.78 Å². The lowest BCUT2D eigenvalue weighted by molar-refractivity contribution is 0.103. The van der Waals surface area contributed by atoms with Crippen LogP contribution in [0.4, 0.5) is 0 Å². The molecule has 1 heterocycles. The molecule has 0 saturated heterocycles. The molecular weight excluding hydrogens is 186 g/mol. The van der Waals surface area contributed by atoms with Gasteiger partial charge in [0.2, 0.25) is 5.78 Å². The fourth-order valence-corrected chi connectivity index (χ4v) is 2.01. The van der Waals surface area contributed by atoms with Crippen LogP contribution in [0.5, 0.6) is 0 Å². The predicted molar refractivity (Wildman–Crippen MR) is 57.8 cm³/mol. The maximum absolute atomic E-state index is 12.0. The minimum atomic E-state index is 0.0456. The lowest BCUT2D eigenvalue weighted by Crippen LogP contribution is -1.97. The van der Waals surface area contributed by atoms with Gasteiger partial charge in [0.25, 0.3) is 0 Å². The number of hydrogen-bond donors (Lipinski definition) is 0. The minimum Gasteiger partial charge on any atom is -0.287 e. The van der Waals surface area contributed by atoms with Crippen LogP contribution in [0.1, 0.15) is 21.6 Å². The third-order valence-electron chi connectivity index (χ3n) is 2.73. The number of fused-ring (bicyclic) bond motifs is 3. The maximum Gasteiger partial charge on any atom is 0.212 e. The summed E-state index contributed by atoms with van der Waals surface area (Å²) in [5.41, 5.74) is 4.43. The van der Waals surface area contributed by atoms with Gasteiger partial charge in [-0.25, -0.2) is 0 Å². The third-order valence-corrected chi connectivity index (χ3v) is 2.73. The van der Waals surface area contributed by atoms with Crippen LogP contribution in [-0.2, 0) is 0 Å². The Morgan fingerprint density at radius 2 is 1.93 bits per heavy atom. The van der Waals surface area contributed by atoms with Crippen LogP contribution in [0, 0.1) is 6.92 Å². The minimum absolute atomic E-state index is 0.0456. The zero-order valence-electron chi connectivity index (χ0n) is 8.32. The van der Waals surface area contributed by atoms with Crippen molar-refractivity contribution >= 4 is 5.78 Å². The first kappa shape index (κ1) is 8.36. The molecule has 0 amide bonds. The zero-order valence-corrected chi connectivity index (χ0v) is 8.32. The Morgan fingerprint density at radius 1 is 1.07 bits per heavy atom. The maximum atomic E-state index is 12.0. The number of nitrogens with zero attached hydrogens (tertiary/aromatic N) is 1. The normalized spacial score (nSPS) is 12.5. The highest BCUT2D eigenvalue weighted by atomic mass is 16.1. The molecule has 2 heteroatoms. The van der Waals surface area contributed by atoms with Gasteiger partial charge in [-0.15, -0.1) is 0 Å². The number of pyridine rings is 1. The second-order valence-electron chi connectivity index (χ2n) is 3.78. The van der Waals surface area contributed by atoms with E-state index in [4.69, 9.17) is 0 Å². The first-order valence-electron chi connectivity index (χ1n) is 4.88. The fraction of sp³-hybridized carbons (Fsp3) is 0.0769. The van der Waals surface area contributed by atoms with E-state index >= 15 is 0 Å². The number of ketones is 1. The van der Waals surface area contributed by atoms with Crippen LogP contribution in [0.15, 0.2) is 36.5 Å². The van der Waals surface area contributed by atoms with Crippen molar-refractivity contribution in [3.8, 4) is 11.1 Å². The molecule has 0 N–H and O–H groups in total. The van der Waals surface area contributed by atoms with Crippen LogP contribution < -0.4 is 0 Å². The van der Waals surface area contributed by atoms with Crippen LogP contribution in [0.3, 0.4) is 0 Å². The van der Waals surface area contributed by atoms with E-state index in [1.165, 1.54) is 0 Å². The Balaban J connectivity index is 2.38. The molecule has 0 radical (unpaired) electrons. The largest absolute Gasteiger partial charge is 0.287 e. The number of carbonyl (C=O) groups excluding carboxylic acids is 1.